The lowest BCUT2D eigenvalue weighted by molar-refractivity contribution is -0.139. The first-order valence-corrected chi connectivity index (χ1v) is 8.85. The molecular weight excluding hydrogens is 322 g/mol. The molecule has 0 atom stereocenters. The molecule has 2 rings (SSSR count). The third-order valence-corrected chi connectivity index (χ3v) is 4.60. The molecule has 0 unspecified atom stereocenters. The fraction of sp³-hybridized carbons (Fsp3) is 0.706. The van der Waals surface area contributed by atoms with Gasteiger partial charge in [-0.05, 0) is 32.2 Å². The van der Waals surface area contributed by atoms with Gasteiger partial charge in [-0.3, -0.25) is 14.4 Å². The minimum atomic E-state index is -0.815. The molecule has 1 aromatic rings. The summed E-state index contributed by atoms with van der Waals surface area (Å²) in [6.45, 7) is 9.70. The number of hydrogen-bond donors (Lipinski definition) is 3. The molecule has 140 valence electrons. The Hall–Kier alpha value is -2.09. The fourth-order valence-electron chi connectivity index (χ4n) is 3.12. The molecule has 0 bridgehead atoms. The van der Waals surface area contributed by atoms with Crippen LogP contribution in [0.4, 0.5) is 10.5 Å². The lowest BCUT2D eigenvalue weighted by Crippen LogP contribution is -2.55. The molecule has 1 heterocycles. The van der Waals surface area contributed by atoms with E-state index >= 15 is 0 Å². The molecule has 0 radical (unpaired) electrons. The number of anilines is 1. The fourth-order valence-corrected chi connectivity index (χ4v) is 3.12. The van der Waals surface area contributed by atoms with Gasteiger partial charge in [0.1, 0.15) is 0 Å². The molecule has 3 N–H and O–H groups in total. The number of amides is 2. The maximum absolute atomic E-state index is 12.2. The summed E-state index contributed by atoms with van der Waals surface area (Å²) >= 11 is 0. The Balaban J connectivity index is 1.79. The third kappa shape index (κ3) is 5.19. The summed E-state index contributed by atoms with van der Waals surface area (Å²) in [4.78, 5) is 24.9. The Bertz CT molecular complexity index is 607. The van der Waals surface area contributed by atoms with Crippen LogP contribution in [-0.4, -0.2) is 57.0 Å². The summed E-state index contributed by atoms with van der Waals surface area (Å²) in [5.41, 5.74) is 1.66. The zero-order valence-corrected chi connectivity index (χ0v) is 15.5. The monoisotopic (exact) mass is 351 g/mol. The molecule has 1 fully saturated rings. The second-order valence-electron chi connectivity index (χ2n) is 7.10. The van der Waals surface area contributed by atoms with Gasteiger partial charge in [0.15, 0.2) is 0 Å². The molecule has 0 saturated heterocycles. The van der Waals surface area contributed by atoms with E-state index in [4.69, 9.17) is 5.11 Å². The highest BCUT2D eigenvalue weighted by Crippen LogP contribution is 2.25. The predicted octanol–water partition coefficient (Wildman–Crippen LogP) is 1.91. The van der Waals surface area contributed by atoms with Gasteiger partial charge in [0.2, 0.25) is 0 Å². The van der Waals surface area contributed by atoms with E-state index in [1.807, 2.05) is 23.4 Å². The van der Waals surface area contributed by atoms with Crippen LogP contribution in [0, 0.1) is 12.8 Å². The van der Waals surface area contributed by atoms with Crippen LogP contribution in [0.1, 0.15) is 39.3 Å². The minimum Gasteiger partial charge on any atom is -0.480 e. The largest absolute Gasteiger partial charge is 0.480 e. The number of carboxylic acids is 1. The highest BCUT2D eigenvalue weighted by Gasteiger charge is 2.34. The standard InChI is InChI=1S/C17H29N5O3/c1-5-21(10-16(23)24)14-6-13(7-14)19-17(25)20-15-8-18-22(12(15)4)9-11(2)3/h8,11,13-14H,5-7,9-10H2,1-4H3,(H,23,24)(H2,19,20,25). The summed E-state index contributed by atoms with van der Waals surface area (Å²) in [5, 5.41) is 19.0. The van der Waals surface area contributed by atoms with Crippen molar-refractivity contribution in [3.05, 3.63) is 11.9 Å². The van der Waals surface area contributed by atoms with Crippen LogP contribution < -0.4 is 10.6 Å². The highest BCUT2D eigenvalue weighted by molar-refractivity contribution is 5.89. The Morgan fingerprint density at radius 2 is 2.12 bits per heavy atom. The van der Waals surface area contributed by atoms with Gasteiger partial charge in [-0.15, -0.1) is 0 Å². The molecule has 1 aromatic heterocycles. The maximum Gasteiger partial charge on any atom is 0.319 e. The van der Waals surface area contributed by atoms with E-state index in [1.54, 1.807) is 6.20 Å². The Kier molecular flexibility index (Phi) is 6.41. The Morgan fingerprint density at radius 1 is 1.44 bits per heavy atom. The first-order valence-electron chi connectivity index (χ1n) is 8.85. The molecular formula is C17H29N5O3. The van der Waals surface area contributed by atoms with Crippen molar-refractivity contribution in [2.45, 2.75) is 59.2 Å². The molecule has 0 aliphatic heterocycles. The van der Waals surface area contributed by atoms with Crippen molar-refractivity contribution < 1.29 is 14.7 Å². The van der Waals surface area contributed by atoms with Crippen molar-refractivity contribution in [2.24, 2.45) is 5.92 Å². The van der Waals surface area contributed by atoms with Crippen LogP contribution >= 0.6 is 0 Å². The van der Waals surface area contributed by atoms with Gasteiger partial charge in [-0.1, -0.05) is 20.8 Å². The number of likely N-dealkylation sites (N-methyl/N-ethyl adjacent to an activating group) is 1. The maximum atomic E-state index is 12.2. The molecule has 0 spiro atoms. The van der Waals surface area contributed by atoms with Crippen LogP contribution in [0.15, 0.2) is 6.20 Å². The van der Waals surface area contributed by atoms with E-state index in [1.165, 1.54) is 0 Å². The molecule has 8 heteroatoms. The molecule has 1 saturated carbocycles. The normalized spacial score (nSPS) is 19.8. The summed E-state index contributed by atoms with van der Waals surface area (Å²) < 4.78 is 1.89. The third-order valence-electron chi connectivity index (χ3n) is 4.60. The highest BCUT2D eigenvalue weighted by atomic mass is 16.4. The van der Waals surface area contributed by atoms with E-state index in [9.17, 15) is 9.59 Å². The average molecular weight is 351 g/mol. The van der Waals surface area contributed by atoms with Gasteiger partial charge in [-0.2, -0.15) is 5.10 Å². The van der Waals surface area contributed by atoms with Crippen LogP contribution in [-0.2, 0) is 11.3 Å². The van der Waals surface area contributed by atoms with Crippen LogP contribution in [0.25, 0.3) is 0 Å². The van der Waals surface area contributed by atoms with E-state index in [0.29, 0.717) is 12.5 Å². The van der Waals surface area contributed by atoms with Crippen molar-refractivity contribution in [3.8, 4) is 0 Å². The SMILES string of the molecule is CCN(CC(=O)O)C1CC(NC(=O)Nc2cnn(CC(C)C)c2C)C1. The number of urea groups is 1. The van der Waals surface area contributed by atoms with Gasteiger partial charge < -0.3 is 15.7 Å². The van der Waals surface area contributed by atoms with Crippen molar-refractivity contribution in [1.82, 2.24) is 20.0 Å². The van der Waals surface area contributed by atoms with Crippen LogP contribution in [0.5, 0.6) is 0 Å². The number of hydrogen-bond acceptors (Lipinski definition) is 4. The summed E-state index contributed by atoms with van der Waals surface area (Å²) in [5.74, 6) is -0.329. The number of carboxylic acid groups (broad SMARTS) is 1. The number of rotatable bonds is 8. The molecule has 1 aliphatic rings. The van der Waals surface area contributed by atoms with E-state index in [-0.39, 0.29) is 24.7 Å². The van der Waals surface area contributed by atoms with Gasteiger partial charge in [0.25, 0.3) is 0 Å². The number of aromatic nitrogens is 2. The predicted molar refractivity (Wildman–Crippen MR) is 95.6 cm³/mol. The zero-order valence-electron chi connectivity index (χ0n) is 15.5. The zero-order chi connectivity index (χ0) is 18.6. The van der Waals surface area contributed by atoms with Crippen molar-refractivity contribution in [3.63, 3.8) is 0 Å². The molecule has 1 aliphatic carbocycles. The van der Waals surface area contributed by atoms with Crippen LogP contribution in [0.2, 0.25) is 0 Å². The smallest absolute Gasteiger partial charge is 0.319 e. The minimum absolute atomic E-state index is 0.0499. The quantitative estimate of drug-likeness (QED) is 0.664. The molecule has 0 aromatic carbocycles. The average Bonchev–Trinajstić information content (AvgIpc) is 2.80. The van der Waals surface area contributed by atoms with Crippen molar-refractivity contribution >= 4 is 17.7 Å². The van der Waals surface area contributed by atoms with E-state index in [0.717, 1.165) is 30.8 Å². The van der Waals surface area contributed by atoms with Crippen LogP contribution in [0.3, 0.4) is 0 Å². The number of nitrogens with one attached hydrogen (secondary N) is 2. The molecule has 25 heavy (non-hydrogen) atoms. The molecule has 2 amide bonds. The lowest BCUT2D eigenvalue weighted by atomic mass is 9.85. The number of carbonyl (C=O) groups excluding carboxylic acids is 1. The lowest BCUT2D eigenvalue weighted by Gasteiger charge is -2.42. The first kappa shape index (κ1) is 19.2. The number of aliphatic carboxylic acids is 1. The summed E-state index contributed by atoms with van der Waals surface area (Å²) in [6.07, 6.45) is 3.23. The van der Waals surface area contributed by atoms with E-state index < -0.39 is 5.97 Å². The summed E-state index contributed by atoms with van der Waals surface area (Å²) in [6, 6.07) is 0.0673. The number of carbonyl (C=O) groups is 2. The van der Waals surface area contributed by atoms with Gasteiger partial charge >= 0.3 is 12.0 Å². The summed E-state index contributed by atoms with van der Waals surface area (Å²) in [7, 11) is 0. The second-order valence-corrected chi connectivity index (χ2v) is 7.10. The van der Waals surface area contributed by atoms with E-state index in [2.05, 4.69) is 29.6 Å². The topological polar surface area (TPSA) is 99.5 Å². The Morgan fingerprint density at radius 3 is 2.68 bits per heavy atom. The number of nitrogens with zero attached hydrogens (tertiary/aromatic N) is 3. The second kappa shape index (κ2) is 8.33. The van der Waals surface area contributed by atoms with Gasteiger partial charge in [0, 0.05) is 18.6 Å². The van der Waals surface area contributed by atoms with Gasteiger partial charge in [0.05, 0.1) is 24.1 Å². The van der Waals surface area contributed by atoms with Crippen molar-refractivity contribution in [2.75, 3.05) is 18.4 Å². The Labute approximate surface area is 148 Å². The molecule has 8 nitrogen and oxygen atoms in total. The van der Waals surface area contributed by atoms with Gasteiger partial charge in [-0.25, -0.2) is 4.79 Å². The first-order chi connectivity index (χ1) is 11.8. The van der Waals surface area contributed by atoms with Crippen molar-refractivity contribution in [1.29, 1.82) is 0 Å².